The van der Waals surface area contributed by atoms with E-state index in [2.05, 4.69) is 48.6 Å². The number of fused-ring (bicyclic) bond motifs is 6. The maximum atomic E-state index is 13.2. The molecule has 1 N–H and O–H groups in total. The maximum absolute atomic E-state index is 13.2. The number of hydrogen-bond donors (Lipinski definition) is 1. The fraction of sp³-hybridized carbons (Fsp3) is 0.429. The van der Waals surface area contributed by atoms with Gasteiger partial charge in [-0.15, -0.1) is 11.8 Å². The number of hydrogen-bond acceptors (Lipinski definition) is 5. The number of aromatic nitrogens is 1. The van der Waals surface area contributed by atoms with Crippen molar-refractivity contribution in [2.45, 2.75) is 48.9 Å². The molecule has 6 rings (SSSR count). The molecule has 2 heterocycles. The Morgan fingerprint density at radius 3 is 2.63 bits per heavy atom. The van der Waals surface area contributed by atoms with E-state index in [4.69, 9.17) is 0 Å². The second kappa shape index (κ2) is 8.86. The number of nitrogens with one attached hydrogen (secondary N) is 1. The topological polar surface area (TPSA) is 54.3 Å². The number of carbonyl (C=O) groups is 1. The van der Waals surface area contributed by atoms with E-state index in [0.717, 1.165) is 33.0 Å². The van der Waals surface area contributed by atoms with Gasteiger partial charge in [0.1, 0.15) is 6.54 Å². The Morgan fingerprint density at radius 1 is 1.11 bits per heavy atom. The highest BCUT2D eigenvalue weighted by molar-refractivity contribution is 8.00. The molecule has 1 amide bonds. The van der Waals surface area contributed by atoms with Crippen molar-refractivity contribution in [2.24, 2.45) is 17.8 Å². The molecule has 2 bridgehead atoms. The molecule has 2 fully saturated rings. The zero-order chi connectivity index (χ0) is 24.3. The van der Waals surface area contributed by atoms with Crippen LogP contribution in [0.1, 0.15) is 41.2 Å². The summed E-state index contributed by atoms with van der Waals surface area (Å²) in [6, 6.07) is 16.7. The summed E-state index contributed by atoms with van der Waals surface area (Å²) in [6.45, 7) is 2.06. The van der Waals surface area contributed by atoms with Crippen molar-refractivity contribution in [3.8, 4) is 0 Å². The van der Waals surface area contributed by atoms with E-state index in [1.54, 1.807) is 4.57 Å². The van der Waals surface area contributed by atoms with Crippen molar-refractivity contribution in [3.05, 3.63) is 74.2 Å². The third-order valence-electron chi connectivity index (χ3n) is 8.06. The van der Waals surface area contributed by atoms with Crippen LogP contribution in [0.3, 0.4) is 0 Å². The third kappa shape index (κ3) is 4.02. The Labute approximate surface area is 214 Å². The quantitative estimate of drug-likeness (QED) is 0.492. The molecule has 1 aromatic heterocycles. The van der Waals surface area contributed by atoms with Crippen molar-refractivity contribution in [3.63, 3.8) is 0 Å². The van der Waals surface area contributed by atoms with Gasteiger partial charge < -0.3 is 10.2 Å². The highest BCUT2D eigenvalue weighted by Gasteiger charge is 2.55. The number of anilines is 2. The van der Waals surface area contributed by atoms with Crippen LogP contribution in [0, 0.1) is 24.7 Å². The summed E-state index contributed by atoms with van der Waals surface area (Å²) in [6.07, 6.45) is 3.91. The molecular formula is C28H31N3O2S2. The Balaban J connectivity index is 1.36. The van der Waals surface area contributed by atoms with Crippen LogP contribution in [0.4, 0.5) is 11.4 Å². The molecule has 35 heavy (non-hydrogen) atoms. The normalized spacial score (nSPS) is 26.3. The van der Waals surface area contributed by atoms with Crippen molar-refractivity contribution in [1.29, 1.82) is 0 Å². The van der Waals surface area contributed by atoms with Gasteiger partial charge in [-0.25, -0.2) is 0 Å². The number of carbonyl (C=O) groups excluding carboxylic acids is 1. The highest BCUT2D eigenvalue weighted by Crippen LogP contribution is 2.64. The van der Waals surface area contributed by atoms with Crippen LogP contribution < -0.4 is 15.1 Å². The minimum Gasteiger partial charge on any atom is -0.378 e. The Hall–Kier alpha value is -2.51. The Bertz CT molecular complexity index is 1330. The molecule has 7 heteroatoms. The second-order valence-electron chi connectivity index (χ2n) is 10.5. The van der Waals surface area contributed by atoms with E-state index in [1.165, 1.54) is 41.9 Å². The maximum Gasteiger partial charge on any atom is 0.308 e. The number of amides is 1. The van der Waals surface area contributed by atoms with Gasteiger partial charge >= 0.3 is 4.87 Å². The summed E-state index contributed by atoms with van der Waals surface area (Å²) in [5.41, 5.74) is 4.35. The van der Waals surface area contributed by atoms with E-state index in [9.17, 15) is 9.59 Å². The van der Waals surface area contributed by atoms with Crippen molar-refractivity contribution >= 4 is 40.4 Å². The number of thiazole rings is 1. The predicted octanol–water partition coefficient (Wildman–Crippen LogP) is 5.58. The molecule has 3 aliphatic rings. The molecule has 2 aromatic carbocycles. The van der Waals surface area contributed by atoms with Crippen LogP contribution in [0.25, 0.3) is 0 Å². The summed E-state index contributed by atoms with van der Waals surface area (Å²) in [4.78, 5) is 29.5. The average molecular weight is 506 g/mol. The van der Waals surface area contributed by atoms with Crippen molar-refractivity contribution in [1.82, 2.24) is 4.57 Å². The third-order valence-corrected chi connectivity index (χ3v) is 10.9. The lowest BCUT2D eigenvalue weighted by atomic mass is 9.75. The van der Waals surface area contributed by atoms with Crippen LogP contribution in [0.15, 0.2) is 58.4 Å². The van der Waals surface area contributed by atoms with Crippen molar-refractivity contribution in [2.75, 3.05) is 24.3 Å². The van der Waals surface area contributed by atoms with E-state index in [-0.39, 0.29) is 23.2 Å². The van der Waals surface area contributed by atoms with Gasteiger partial charge in [-0.05, 0) is 79.3 Å². The fourth-order valence-electron chi connectivity index (χ4n) is 6.51. The van der Waals surface area contributed by atoms with Gasteiger partial charge in [0.25, 0.3) is 0 Å². The predicted molar refractivity (Wildman–Crippen MR) is 145 cm³/mol. The van der Waals surface area contributed by atoms with Crippen LogP contribution in [0.2, 0.25) is 0 Å². The van der Waals surface area contributed by atoms with E-state index < -0.39 is 0 Å². The first-order chi connectivity index (χ1) is 16.9. The van der Waals surface area contributed by atoms with Gasteiger partial charge in [-0.1, -0.05) is 35.6 Å². The minimum atomic E-state index is -0.152. The molecule has 0 spiro atoms. The van der Waals surface area contributed by atoms with Gasteiger partial charge in [0.05, 0.1) is 5.03 Å². The summed E-state index contributed by atoms with van der Waals surface area (Å²) in [7, 11) is 4.12. The zero-order valence-electron chi connectivity index (χ0n) is 20.4. The van der Waals surface area contributed by atoms with Gasteiger partial charge in [-0.3, -0.25) is 14.2 Å². The van der Waals surface area contributed by atoms with Gasteiger partial charge in [0.15, 0.2) is 0 Å². The lowest BCUT2D eigenvalue weighted by Gasteiger charge is -2.40. The zero-order valence-corrected chi connectivity index (χ0v) is 22.0. The number of nitrogens with zero attached hydrogens (tertiary/aromatic N) is 2. The Kier molecular flexibility index (Phi) is 5.80. The SMILES string of the molecule is Cc1cccc(NC(=O)Cn2c3c(sc2=O)C(c2ccc(N(C)C)cc2)C2C4CCC(C4)C2S3)c1. The summed E-state index contributed by atoms with van der Waals surface area (Å²) in [5, 5.41) is 4.53. The number of thioether (sulfide) groups is 1. The smallest absolute Gasteiger partial charge is 0.308 e. The number of aryl methyl sites for hydroxylation is 1. The molecular weight excluding hydrogens is 474 g/mol. The number of rotatable bonds is 5. The lowest BCUT2D eigenvalue weighted by Crippen LogP contribution is -2.34. The van der Waals surface area contributed by atoms with Gasteiger partial charge in [0.2, 0.25) is 5.91 Å². The molecule has 0 radical (unpaired) electrons. The fourth-order valence-corrected chi connectivity index (χ4v) is 9.66. The number of benzene rings is 2. The van der Waals surface area contributed by atoms with Crippen LogP contribution >= 0.6 is 23.1 Å². The first-order valence-corrected chi connectivity index (χ1v) is 14.1. The van der Waals surface area contributed by atoms with Gasteiger partial charge in [-0.2, -0.15) is 0 Å². The second-order valence-corrected chi connectivity index (χ2v) is 12.7. The first kappa shape index (κ1) is 22.9. The van der Waals surface area contributed by atoms with E-state index in [0.29, 0.717) is 11.2 Å². The monoisotopic (exact) mass is 505 g/mol. The summed E-state index contributed by atoms with van der Waals surface area (Å²) in [5.74, 6) is 2.11. The molecule has 2 aliphatic carbocycles. The molecule has 5 nitrogen and oxygen atoms in total. The highest BCUT2D eigenvalue weighted by atomic mass is 32.2. The largest absolute Gasteiger partial charge is 0.378 e. The van der Waals surface area contributed by atoms with Crippen LogP contribution in [0.5, 0.6) is 0 Å². The van der Waals surface area contributed by atoms with Crippen molar-refractivity contribution < 1.29 is 4.79 Å². The first-order valence-electron chi connectivity index (χ1n) is 12.4. The summed E-state index contributed by atoms with van der Waals surface area (Å²) < 4.78 is 1.74. The molecule has 5 atom stereocenters. The molecule has 3 aromatic rings. The molecule has 182 valence electrons. The van der Waals surface area contributed by atoms with Crippen LogP contribution in [-0.4, -0.2) is 29.8 Å². The summed E-state index contributed by atoms with van der Waals surface area (Å²) >= 11 is 3.23. The van der Waals surface area contributed by atoms with Crippen LogP contribution in [-0.2, 0) is 11.3 Å². The van der Waals surface area contributed by atoms with E-state index in [1.807, 2.05) is 43.0 Å². The minimum absolute atomic E-state index is 0.0240. The Morgan fingerprint density at radius 2 is 1.89 bits per heavy atom. The lowest BCUT2D eigenvalue weighted by molar-refractivity contribution is -0.116. The van der Waals surface area contributed by atoms with Gasteiger partial charge in [0, 0.05) is 41.5 Å². The van der Waals surface area contributed by atoms with E-state index >= 15 is 0 Å². The average Bonchev–Trinajstić information content (AvgIpc) is 3.52. The molecule has 5 unspecified atom stereocenters. The molecule has 2 saturated carbocycles. The molecule has 1 aliphatic heterocycles. The standard InChI is InChI=1S/C28H31N3O2S2/c1-16-5-4-6-20(13-16)29-22(32)15-31-27-26(35-28(31)33)23(17-9-11-21(12-10-17)30(2)3)24-18-7-8-19(14-18)25(24)34-27/h4-6,9-13,18-19,23-25H,7-8,14-15H2,1-3H3,(H,29,32). The molecule has 0 saturated heterocycles.